The van der Waals surface area contributed by atoms with E-state index in [0.29, 0.717) is 11.1 Å². The average Bonchev–Trinajstić information content (AvgIpc) is 3.28. The van der Waals surface area contributed by atoms with Gasteiger partial charge in [-0.1, -0.05) is 93.4 Å². The van der Waals surface area contributed by atoms with Crippen molar-refractivity contribution in [3.8, 4) is 0 Å². The van der Waals surface area contributed by atoms with E-state index in [0.717, 1.165) is 12.5 Å². The second-order valence-corrected chi connectivity index (χ2v) is 18.0. The minimum atomic E-state index is -2.23. The zero-order chi connectivity index (χ0) is 47.5. The van der Waals surface area contributed by atoms with Crippen molar-refractivity contribution < 1.29 is 65.9 Å². The Balaban J connectivity index is 0.000000618. The molecule has 0 aromatic heterocycles. The fraction of sp³-hybridized carbons (Fsp3) is 0.447. The van der Waals surface area contributed by atoms with Crippen molar-refractivity contribution in [3.05, 3.63) is 119 Å². The maximum Gasteiger partial charge on any atom is 0.338 e. The smallest absolute Gasteiger partial charge is 0.338 e. The van der Waals surface area contributed by atoms with Crippen molar-refractivity contribution in [3.63, 3.8) is 0 Å². The van der Waals surface area contributed by atoms with Crippen LogP contribution in [0.4, 0.5) is 0 Å². The van der Waals surface area contributed by atoms with Gasteiger partial charge in [-0.05, 0) is 80.6 Å². The van der Waals surface area contributed by atoms with Crippen LogP contribution in [0.2, 0.25) is 0 Å². The van der Waals surface area contributed by atoms with Crippen LogP contribution in [0.3, 0.4) is 0 Å². The van der Waals surface area contributed by atoms with E-state index in [1.54, 1.807) is 70.2 Å². The van der Waals surface area contributed by atoms with Gasteiger partial charge in [-0.3, -0.25) is 23.9 Å². The number of Topliss-reactive ketones (excluding diaryl/α,β-unsaturated/α-hetero) is 1. The Hall–Kier alpha value is -4.69. The number of aliphatic hydroxyl groups is 1. The van der Waals surface area contributed by atoms with Crippen molar-refractivity contribution >= 4 is 74.2 Å². The number of thiol groups is 3. The molecule has 3 aliphatic carbocycles. The minimum Gasteiger partial charge on any atom is -0.456 e. The van der Waals surface area contributed by atoms with Crippen molar-refractivity contribution in [2.24, 2.45) is 16.7 Å². The van der Waals surface area contributed by atoms with Crippen molar-refractivity contribution in [2.75, 3.05) is 6.61 Å². The molecular formula is C47H53NO14S3. The molecule has 10 atom stereocenters. The van der Waals surface area contributed by atoms with Crippen LogP contribution in [0, 0.1) is 16.7 Å². The maximum absolute atomic E-state index is 15.5. The van der Waals surface area contributed by atoms with Crippen LogP contribution in [-0.4, -0.2) is 95.1 Å². The normalized spacial score (nSPS) is 30.2. The first-order valence-corrected chi connectivity index (χ1v) is 22.0. The summed E-state index contributed by atoms with van der Waals surface area (Å²) in [5, 5.41) is 13.6. The Labute approximate surface area is 394 Å². The highest BCUT2D eigenvalue weighted by Gasteiger charge is 2.78. The van der Waals surface area contributed by atoms with E-state index in [9.17, 15) is 29.1 Å². The van der Waals surface area contributed by atoms with Gasteiger partial charge in [-0.2, -0.15) is 0 Å². The fourth-order valence-electron chi connectivity index (χ4n) is 10.0. The van der Waals surface area contributed by atoms with Gasteiger partial charge in [0, 0.05) is 44.1 Å². The topological polar surface area (TPSA) is 199 Å². The summed E-state index contributed by atoms with van der Waals surface area (Å²) in [6, 6.07) is 26.0. The van der Waals surface area contributed by atoms with E-state index in [1.807, 2.05) is 36.4 Å². The van der Waals surface area contributed by atoms with Crippen LogP contribution < -0.4 is 4.72 Å². The van der Waals surface area contributed by atoms with Crippen molar-refractivity contribution in [1.29, 1.82) is 0 Å². The number of hydrogen-bond donors (Lipinski definition) is 5. The zero-order valence-electron chi connectivity index (χ0n) is 36.6. The summed E-state index contributed by atoms with van der Waals surface area (Å²) < 4.78 is 43.8. The van der Waals surface area contributed by atoms with Gasteiger partial charge < -0.3 is 37.2 Å². The van der Waals surface area contributed by atoms with Gasteiger partial charge in [0.05, 0.1) is 29.6 Å². The second kappa shape index (κ2) is 20.0. The molecule has 0 radical (unpaired) electrons. The summed E-state index contributed by atoms with van der Waals surface area (Å²) in [5.41, 5.74) is -5.25. The molecule has 2 saturated carbocycles. The monoisotopic (exact) mass is 951 g/mol. The number of ketones is 1. The number of hydrogen-bond acceptors (Lipinski definition) is 17. The first kappa shape index (κ1) is 49.7. The molecule has 1 saturated heterocycles. The third-order valence-corrected chi connectivity index (χ3v) is 14.0. The summed E-state index contributed by atoms with van der Waals surface area (Å²) >= 11 is 11.8. The predicted octanol–water partition coefficient (Wildman–Crippen LogP) is 5.81. The lowest BCUT2D eigenvalue weighted by Crippen LogP contribution is -2.82. The van der Waals surface area contributed by atoms with E-state index < -0.39 is 94.2 Å². The third-order valence-electron chi connectivity index (χ3n) is 13.3. The molecule has 0 unspecified atom stereocenters. The van der Waals surface area contributed by atoms with Crippen molar-refractivity contribution in [2.45, 2.75) is 109 Å². The number of rotatable bonds is 11. The molecular weight excluding hydrogens is 899 g/mol. The highest BCUT2D eigenvalue weighted by atomic mass is 32.1. The predicted molar refractivity (Wildman–Crippen MR) is 243 cm³/mol. The summed E-state index contributed by atoms with van der Waals surface area (Å²) in [6.45, 7) is 8.57. The van der Waals surface area contributed by atoms with Gasteiger partial charge in [0.25, 0.3) is 5.91 Å². The van der Waals surface area contributed by atoms with Gasteiger partial charge in [-0.25, -0.2) is 9.59 Å². The molecule has 348 valence electrons. The van der Waals surface area contributed by atoms with Gasteiger partial charge in [-0.15, -0.1) is 0 Å². The van der Waals surface area contributed by atoms with Crippen LogP contribution in [0.25, 0.3) is 0 Å². The Kier molecular flexibility index (Phi) is 15.3. The molecule has 7 rings (SSSR count). The van der Waals surface area contributed by atoms with E-state index in [4.69, 9.17) is 32.1 Å². The molecule has 3 aromatic carbocycles. The zero-order valence-corrected chi connectivity index (χ0v) is 39.3. The molecule has 65 heavy (non-hydrogen) atoms. The van der Waals surface area contributed by atoms with Crippen LogP contribution >= 0.6 is 38.6 Å². The number of amides is 1. The third kappa shape index (κ3) is 9.35. The SMILES string of the molecule is CC(=O)O[C@H]1C(=O)[C@]2(C)[C@@H](OS)C[C@H]3OC[C@@]3(OC(C)=O)[C@H]2[C@H](OC(=O)c2ccccc2)[C@]2(O)C[C@H](OC(=O)[C@@H](Cc3ccccc3)OS)C(C)=C1C2(C)C.O=C(NS)c1ccccc1. The molecule has 18 heteroatoms. The highest BCUT2D eigenvalue weighted by molar-refractivity contribution is 7.78. The lowest BCUT2D eigenvalue weighted by molar-refractivity contribution is -0.343. The number of ether oxygens (including phenoxy) is 5. The van der Waals surface area contributed by atoms with Gasteiger partial charge >= 0.3 is 23.9 Å². The number of esters is 4. The molecule has 2 N–H and O–H groups in total. The quantitative estimate of drug-likeness (QED) is 0.0508. The number of fused-ring (bicyclic) bond motifs is 5. The summed E-state index contributed by atoms with van der Waals surface area (Å²) in [5.74, 6) is -5.46. The number of nitrogens with one attached hydrogen (secondary N) is 1. The van der Waals surface area contributed by atoms with Crippen LogP contribution in [0.5, 0.6) is 0 Å². The maximum atomic E-state index is 15.5. The van der Waals surface area contributed by atoms with E-state index >= 15 is 4.79 Å². The molecule has 0 spiro atoms. The van der Waals surface area contributed by atoms with Crippen LogP contribution in [0.15, 0.2) is 102 Å². The Morgan fingerprint density at radius 1 is 0.846 bits per heavy atom. The summed E-state index contributed by atoms with van der Waals surface area (Å²) in [6.07, 6.45) is -8.04. The summed E-state index contributed by atoms with van der Waals surface area (Å²) in [4.78, 5) is 80.3. The molecule has 1 amide bonds. The average molecular weight is 952 g/mol. The fourth-order valence-corrected chi connectivity index (χ4v) is 10.6. The van der Waals surface area contributed by atoms with Gasteiger partial charge in [0.15, 0.2) is 23.6 Å². The van der Waals surface area contributed by atoms with Crippen molar-refractivity contribution in [1.82, 2.24) is 4.72 Å². The summed E-state index contributed by atoms with van der Waals surface area (Å²) in [7, 11) is 0. The van der Waals surface area contributed by atoms with E-state index in [-0.39, 0.29) is 42.9 Å². The molecule has 3 fully saturated rings. The molecule has 15 nitrogen and oxygen atoms in total. The number of carbonyl (C=O) groups is 6. The second-order valence-electron chi connectivity index (χ2n) is 17.4. The number of carbonyl (C=O) groups excluding carboxylic acids is 6. The Bertz CT molecular complexity index is 2300. The van der Waals surface area contributed by atoms with Crippen LogP contribution in [0.1, 0.15) is 80.7 Å². The largest absolute Gasteiger partial charge is 0.456 e. The first-order chi connectivity index (χ1) is 30.8. The molecule has 1 aliphatic heterocycles. The molecule has 3 aromatic rings. The lowest BCUT2D eigenvalue weighted by Gasteiger charge is -2.67. The Morgan fingerprint density at radius 2 is 1.43 bits per heavy atom. The standard InChI is InChI=1S/C40H46O13S2.C7H7NOS/c1-21-27(49-36(45)26(52-54)17-24-13-9-7-10-14-24)19-40(46)34(50-35(44)25-15-11-8-12-16-25)32-38(6,33(43)31(48-22(2)41)30(21)37(40,4)5)28(53-55)18-29-39(32,20-47-29)51-23(3)42;9-7(8-10)6-4-2-1-3-5-6/h7-16,26-29,31-32,34,46,54-55H,17-20H2,1-6H3;1-5,10H,(H,8,9)/t26-,27+,28+,29-,31-,32+,34+,38-,39+,40-;/m1./s1. The van der Waals surface area contributed by atoms with Crippen LogP contribution in [-0.2, 0) is 57.6 Å². The van der Waals surface area contributed by atoms with Gasteiger partial charge in [0.1, 0.15) is 23.9 Å². The van der Waals surface area contributed by atoms with Gasteiger partial charge in [0.2, 0.25) is 0 Å². The molecule has 1 heterocycles. The first-order valence-electron chi connectivity index (χ1n) is 20.9. The Morgan fingerprint density at radius 3 is 1.94 bits per heavy atom. The lowest BCUT2D eigenvalue weighted by atomic mass is 9.44. The minimum absolute atomic E-state index is 0.00822. The number of benzene rings is 3. The van der Waals surface area contributed by atoms with E-state index in [2.05, 4.69) is 43.4 Å². The van der Waals surface area contributed by atoms with E-state index in [1.165, 1.54) is 19.1 Å². The molecule has 2 bridgehead atoms. The highest BCUT2D eigenvalue weighted by Crippen LogP contribution is 2.65. The molecule has 4 aliphatic rings.